The molecule has 5 heteroatoms. The third-order valence-corrected chi connectivity index (χ3v) is 7.01. The molecule has 1 heterocycles. The van der Waals surface area contributed by atoms with Crippen LogP contribution in [0.5, 0.6) is 11.5 Å². The second-order valence-corrected chi connectivity index (χ2v) is 10.1. The number of carbonyl (C=O) groups is 1. The van der Waals surface area contributed by atoms with Gasteiger partial charge in [-0.2, -0.15) is 0 Å². The molecule has 0 bridgehead atoms. The molecule has 0 unspecified atom stereocenters. The van der Waals surface area contributed by atoms with Crippen LogP contribution in [0.3, 0.4) is 0 Å². The predicted molar refractivity (Wildman–Crippen MR) is 166 cm³/mol. The summed E-state index contributed by atoms with van der Waals surface area (Å²) in [6.45, 7) is 12.5. The lowest BCUT2D eigenvalue weighted by molar-refractivity contribution is -0.113. The van der Waals surface area contributed by atoms with E-state index in [0.29, 0.717) is 35.1 Å². The maximum atomic E-state index is 12.9. The lowest BCUT2D eigenvalue weighted by atomic mass is 9.89. The number of aryl methyl sites for hydroxylation is 1. The van der Waals surface area contributed by atoms with Crippen molar-refractivity contribution >= 4 is 31.0 Å². The highest BCUT2D eigenvalue weighted by atomic mass is 16.3. The molecule has 0 aliphatic carbocycles. The van der Waals surface area contributed by atoms with E-state index in [4.69, 9.17) is 7.85 Å². The van der Waals surface area contributed by atoms with Gasteiger partial charge in [0.05, 0.1) is 6.54 Å². The number of phenolic OH excluding ortho intramolecular Hbond substituents is 2. The fourth-order valence-electron chi connectivity index (χ4n) is 4.54. The van der Waals surface area contributed by atoms with E-state index in [0.717, 1.165) is 39.0 Å². The Labute approximate surface area is 237 Å². The third-order valence-electron chi connectivity index (χ3n) is 7.01. The average molecular weight is 525 g/mol. The number of carbonyl (C=O) groups excluding carboxylic acids is 1. The minimum Gasteiger partial charge on any atom is -0.508 e. The molecule has 0 saturated heterocycles. The van der Waals surface area contributed by atoms with Crippen LogP contribution in [0.15, 0.2) is 119 Å². The number of aromatic hydroxyl groups is 2. The van der Waals surface area contributed by atoms with Crippen molar-refractivity contribution in [3.63, 3.8) is 0 Å². The highest BCUT2D eigenvalue weighted by molar-refractivity contribution is 6.33. The van der Waals surface area contributed by atoms with Crippen molar-refractivity contribution in [1.29, 1.82) is 0 Å². The quantitative estimate of drug-likeness (QED) is 0.249. The average Bonchev–Trinajstić information content (AvgIpc) is 3.00. The molecule has 40 heavy (non-hydrogen) atoms. The van der Waals surface area contributed by atoms with E-state index < -0.39 is 0 Å². The van der Waals surface area contributed by atoms with Crippen LogP contribution in [0.25, 0.3) is 11.1 Å². The van der Waals surface area contributed by atoms with Crippen LogP contribution >= 0.6 is 0 Å². The summed E-state index contributed by atoms with van der Waals surface area (Å²) in [7, 11) is 6.19. The molecule has 3 aromatic rings. The number of Topliss-reactive ketones (excluding diaryl/α,β-unsaturated/α-hetero) is 1. The van der Waals surface area contributed by atoms with E-state index in [1.54, 1.807) is 36.5 Å². The van der Waals surface area contributed by atoms with Crippen LogP contribution in [-0.2, 0) is 17.6 Å². The van der Waals surface area contributed by atoms with E-state index in [-0.39, 0.29) is 23.7 Å². The second-order valence-electron chi connectivity index (χ2n) is 10.1. The fraction of sp³-hybridized carbons (Fsp3) is 0.143. The summed E-state index contributed by atoms with van der Waals surface area (Å²) in [4.78, 5) is 17.4. The molecule has 0 spiro atoms. The number of hydrogen-bond acceptors (Lipinski definition) is 4. The molecule has 1 aliphatic heterocycles. The molecular formula is C35H32BNO3. The normalized spacial score (nSPS) is 17.9. The van der Waals surface area contributed by atoms with Gasteiger partial charge >= 0.3 is 0 Å². The molecule has 2 N–H and O–H groups in total. The van der Waals surface area contributed by atoms with Gasteiger partial charge in [-0.3, -0.25) is 9.79 Å². The number of allylic oxidation sites excluding steroid dienone is 6. The lowest BCUT2D eigenvalue weighted by Gasteiger charge is -2.13. The minimum atomic E-state index is -0.0916. The highest BCUT2D eigenvalue weighted by Gasteiger charge is 2.14. The number of rotatable bonds is 8. The summed E-state index contributed by atoms with van der Waals surface area (Å²) in [6, 6.07) is 20.0. The van der Waals surface area contributed by atoms with Gasteiger partial charge in [-0.15, -0.1) is 0 Å². The Morgan fingerprint density at radius 3 is 2.30 bits per heavy atom. The Kier molecular flexibility index (Phi) is 8.85. The summed E-state index contributed by atoms with van der Waals surface area (Å²) in [5.41, 5.74) is 8.67. The van der Waals surface area contributed by atoms with Gasteiger partial charge in [-0.25, -0.2) is 0 Å². The van der Waals surface area contributed by atoms with Gasteiger partial charge in [0, 0.05) is 23.8 Å². The summed E-state index contributed by atoms with van der Waals surface area (Å²) < 4.78 is 0. The van der Waals surface area contributed by atoms with Crippen molar-refractivity contribution in [3.05, 3.63) is 142 Å². The maximum absolute atomic E-state index is 12.9. The Morgan fingerprint density at radius 2 is 1.60 bits per heavy atom. The van der Waals surface area contributed by atoms with Gasteiger partial charge in [-0.1, -0.05) is 78.8 Å². The van der Waals surface area contributed by atoms with Gasteiger partial charge in [0.15, 0.2) is 5.78 Å². The summed E-state index contributed by atoms with van der Waals surface area (Å²) in [6.07, 6.45) is 6.45. The van der Waals surface area contributed by atoms with Crippen molar-refractivity contribution in [2.45, 2.75) is 26.7 Å². The van der Waals surface area contributed by atoms with Gasteiger partial charge in [0.1, 0.15) is 19.3 Å². The monoisotopic (exact) mass is 525 g/mol. The molecule has 198 valence electrons. The molecule has 0 atom stereocenters. The molecule has 0 fully saturated rings. The summed E-state index contributed by atoms with van der Waals surface area (Å²) in [5.74, 6) is 0.206. The SMILES string of the molecule is [B]\C1=C(C)/C=C(c2ccccc2O)\C=C(\C(=C)Cc2ccc(CC(=O)C(=C)c3cc(O)ccc3C)cc2)CN=C1. The zero-order valence-electron chi connectivity index (χ0n) is 22.9. The summed E-state index contributed by atoms with van der Waals surface area (Å²) in [5, 5.41) is 20.3. The van der Waals surface area contributed by atoms with Crippen molar-refractivity contribution in [1.82, 2.24) is 0 Å². The van der Waals surface area contributed by atoms with E-state index >= 15 is 0 Å². The molecule has 0 amide bonds. The molecule has 0 aromatic heterocycles. The Morgan fingerprint density at radius 1 is 0.925 bits per heavy atom. The van der Waals surface area contributed by atoms with Crippen molar-refractivity contribution < 1.29 is 15.0 Å². The molecule has 2 radical (unpaired) electrons. The van der Waals surface area contributed by atoms with Crippen molar-refractivity contribution in [3.8, 4) is 11.5 Å². The Balaban J connectivity index is 1.50. The van der Waals surface area contributed by atoms with Crippen molar-refractivity contribution in [2.24, 2.45) is 4.99 Å². The zero-order chi connectivity index (χ0) is 28.8. The number of para-hydroxylation sites is 1. The van der Waals surface area contributed by atoms with Crippen LogP contribution in [-0.4, -0.2) is 36.6 Å². The van der Waals surface area contributed by atoms with Crippen LogP contribution < -0.4 is 0 Å². The number of aliphatic imine (C=N–C) groups is 1. The minimum absolute atomic E-state index is 0.0916. The number of nitrogens with zero attached hydrogens (tertiary/aromatic N) is 1. The Hall–Kier alpha value is -4.64. The maximum Gasteiger partial charge on any atom is 0.167 e. The Bertz CT molecular complexity index is 1600. The van der Waals surface area contributed by atoms with E-state index in [2.05, 4.69) is 18.2 Å². The van der Waals surface area contributed by atoms with E-state index in [1.807, 2.05) is 62.4 Å². The third kappa shape index (κ3) is 6.86. The lowest BCUT2D eigenvalue weighted by Crippen LogP contribution is -2.06. The molecule has 4 nitrogen and oxygen atoms in total. The standard InChI is InChI=1S/C35H32BNO3/c1-22-9-14-30(38)19-32(22)25(4)35(40)17-27-12-10-26(11-13-27)15-23(2)29-18-28(31-7-5-6-8-34(31)39)16-24(3)33(36)21-37-20-29/h5-14,16,18-19,21,38-39H,2,4,15,17,20H2,1,3H3/b28-16+,29-18+,33-24-,37-21?. The van der Waals surface area contributed by atoms with Gasteiger partial charge in [0.25, 0.3) is 0 Å². The highest BCUT2D eigenvalue weighted by Crippen LogP contribution is 2.30. The first-order valence-electron chi connectivity index (χ1n) is 13.1. The van der Waals surface area contributed by atoms with Crippen LogP contribution in [0.4, 0.5) is 0 Å². The first kappa shape index (κ1) is 28.4. The number of hydrogen-bond donors (Lipinski definition) is 2. The summed E-state index contributed by atoms with van der Waals surface area (Å²) >= 11 is 0. The van der Waals surface area contributed by atoms with Crippen LogP contribution in [0, 0.1) is 6.92 Å². The second kappa shape index (κ2) is 12.5. The number of benzene rings is 3. The van der Waals surface area contributed by atoms with Crippen LogP contribution in [0.1, 0.15) is 34.7 Å². The van der Waals surface area contributed by atoms with Gasteiger partial charge in [0.2, 0.25) is 0 Å². The van der Waals surface area contributed by atoms with Gasteiger partial charge in [-0.05, 0) is 83.5 Å². The van der Waals surface area contributed by atoms with E-state index in [1.165, 1.54) is 0 Å². The number of phenols is 2. The van der Waals surface area contributed by atoms with Crippen LogP contribution in [0.2, 0.25) is 0 Å². The molecule has 1 aliphatic rings. The van der Waals surface area contributed by atoms with Crippen molar-refractivity contribution in [2.75, 3.05) is 6.54 Å². The van der Waals surface area contributed by atoms with E-state index in [9.17, 15) is 15.0 Å². The molecular weight excluding hydrogens is 493 g/mol. The topological polar surface area (TPSA) is 69.9 Å². The first-order chi connectivity index (χ1) is 19.1. The molecule has 0 saturated carbocycles. The fourth-order valence-corrected chi connectivity index (χ4v) is 4.54. The smallest absolute Gasteiger partial charge is 0.167 e. The molecule has 3 aromatic carbocycles. The largest absolute Gasteiger partial charge is 0.508 e. The number of ketones is 1. The first-order valence-corrected chi connectivity index (χ1v) is 13.1. The predicted octanol–water partition coefficient (Wildman–Crippen LogP) is 6.87. The van der Waals surface area contributed by atoms with Gasteiger partial charge < -0.3 is 10.2 Å². The zero-order valence-corrected chi connectivity index (χ0v) is 22.9. The molecule has 4 rings (SSSR count).